The number of hydrogen-bond donors (Lipinski definition) is 1. The van der Waals surface area contributed by atoms with Gasteiger partial charge in [0, 0.05) is 21.2 Å². The Balaban J connectivity index is 1.94. The number of rotatable bonds is 2. The first kappa shape index (κ1) is 15.7. The largest absolute Gasteiger partial charge is 0.338 e. The summed E-state index contributed by atoms with van der Waals surface area (Å²) in [5, 5.41) is 10.1. The number of para-hydroxylation sites is 2. The Bertz CT molecular complexity index is 1110. The second-order valence-corrected chi connectivity index (χ2v) is 6.44. The number of aromatic amines is 1. The van der Waals surface area contributed by atoms with Crippen molar-refractivity contribution in [3.8, 4) is 28.6 Å². The molecule has 5 heteroatoms. The van der Waals surface area contributed by atoms with Crippen molar-refractivity contribution in [2.75, 3.05) is 0 Å². The third-order valence-electron chi connectivity index (χ3n) is 4.01. The first-order chi connectivity index (χ1) is 12.2. The lowest BCUT2D eigenvalue weighted by molar-refractivity contribution is 1.33. The first-order valence-corrected chi connectivity index (χ1v) is 8.36. The van der Waals surface area contributed by atoms with Crippen molar-refractivity contribution >= 4 is 34.2 Å². The minimum atomic E-state index is 0.499. The molecule has 120 valence electrons. The van der Waals surface area contributed by atoms with Crippen LogP contribution >= 0.6 is 23.2 Å². The van der Waals surface area contributed by atoms with E-state index >= 15 is 0 Å². The van der Waals surface area contributed by atoms with Gasteiger partial charge < -0.3 is 4.98 Å². The van der Waals surface area contributed by atoms with E-state index in [2.05, 4.69) is 16.0 Å². The van der Waals surface area contributed by atoms with Gasteiger partial charge in [0.15, 0.2) is 0 Å². The van der Waals surface area contributed by atoms with Crippen LogP contribution in [0.5, 0.6) is 0 Å². The molecular formula is C20H11Cl2N3. The number of imidazole rings is 1. The maximum Gasteiger partial charge on any atom is 0.139 e. The minimum absolute atomic E-state index is 0.499. The SMILES string of the molecule is N#Cc1ccc(-c2cc(Cl)ccc2-c2nc3ccccc3[nH]2)c(Cl)c1. The van der Waals surface area contributed by atoms with Gasteiger partial charge in [0.1, 0.15) is 5.82 Å². The van der Waals surface area contributed by atoms with Crippen LogP contribution in [0.4, 0.5) is 0 Å². The van der Waals surface area contributed by atoms with Crippen molar-refractivity contribution in [2.45, 2.75) is 0 Å². The third kappa shape index (κ3) is 2.87. The maximum absolute atomic E-state index is 9.04. The molecule has 0 aliphatic rings. The Morgan fingerprint density at radius 3 is 2.44 bits per heavy atom. The highest BCUT2D eigenvalue weighted by Crippen LogP contribution is 2.37. The van der Waals surface area contributed by atoms with E-state index in [0.717, 1.165) is 33.5 Å². The van der Waals surface area contributed by atoms with Gasteiger partial charge in [-0.25, -0.2) is 4.98 Å². The zero-order valence-electron chi connectivity index (χ0n) is 12.9. The number of benzene rings is 3. The lowest BCUT2D eigenvalue weighted by Gasteiger charge is -2.10. The number of nitrogens with one attached hydrogen (secondary N) is 1. The molecule has 0 spiro atoms. The summed E-state index contributed by atoms with van der Waals surface area (Å²) in [5.41, 5.74) is 4.93. The fourth-order valence-electron chi connectivity index (χ4n) is 2.83. The number of fused-ring (bicyclic) bond motifs is 1. The molecule has 0 bridgehead atoms. The topological polar surface area (TPSA) is 52.5 Å². The predicted octanol–water partition coefficient (Wildman–Crippen LogP) is 6.08. The van der Waals surface area contributed by atoms with E-state index in [4.69, 9.17) is 28.5 Å². The Hall–Kier alpha value is -2.80. The molecule has 3 nitrogen and oxygen atoms in total. The second-order valence-electron chi connectivity index (χ2n) is 5.60. The summed E-state index contributed by atoms with van der Waals surface area (Å²) in [6.07, 6.45) is 0. The molecule has 0 radical (unpaired) electrons. The van der Waals surface area contributed by atoms with Crippen LogP contribution in [0, 0.1) is 11.3 Å². The molecule has 0 aliphatic carbocycles. The number of halogens is 2. The molecule has 1 heterocycles. The molecule has 4 rings (SSSR count). The molecule has 4 aromatic rings. The van der Waals surface area contributed by atoms with E-state index in [9.17, 15) is 0 Å². The lowest BCUT2D eigenvalue weighted by atomic mass is 9.98. The lowest BCUT2D eigenvalue weighted by Crippen LogP contribution is -1.89. The second kappa shape index (κ2) is 6.25. The Labute approximate surface area is 154 Å². The highest BCUT2D eigenvalue weighted by Gasteiger charge is 2.14. The normalized spacial score (nSPS) is 10.8. The monoisotopic (exact) mass is 363 g/mol. The van der Waals surface area contributed by atoms with E-state index < -0.39 is 0 Å². The predicted molar refractivity (Wildman–Crippen MR) is 102 cm³/mol. The molecule has 0 aliphatic heterocycles. The smallest absolute Gasteiger partial charge is 0.139 e. The molecule has 0 fully saturated rings. The summed E-state index contributed by atoms with van der Waals surface area (Å²) < 4.78 is 0. The standard InChI is InChI=1S/C20H11Cl2N3/c21-13-6-8-15(20-24-18-3-1-2-4-19(18)25-20)16(10-13)14-7-5-12(11-23)9-17(14)22/h1-10H,(H,24,25). The zero-order chi connectivity index (χ0) is 17.4. The molecule has 1 aromatic heterocycles. The van der Waals surface area contributed by atoms with E-state index in [1.54, 1.807) is 12.1 Å². The average molecular weight is 364 g/mol. The van der Waals surface area contributed by atoms with Crippen LogP contribution in [0.15, 0.2) is 60.7 Å². The Morgan fingerprint density at radius 2 is 1.68 bits per heavy atom. The third-order valence-corrected chi connectivity index (χ3v) is 4.56. The summed E-state index contributed by atoms with van der Waals surface area (Å²) in [4.78, 5) is 8.00. The van der Waals surface area contributed by atoms with Crippen molar-refractivity contribution in [1.29, 1.82) is 5.26 Å². The first-order valence-electron chi connectivity index (χ1n) is 7.60. The Kier molecular flexibility index (Phi) is 3.93. The highest BCUT2D eigenvalue weighted by molar-refractivity contribution is 6.34. The van der Waals surface area contributed by atoms with Gasteiger partial charge in [0.25, 0.3) is 0 Å². The van der Waals surface area contributed by atoms with Gasteiger partial charge in [-0.3, -0.25) is 0 Å². The summed E-state index contributed by atoms with van der Waals surface area (Å²) in [5.74, 6) is 0.744. The van der Waals surface area contributed by atoms with Crippen molar-refractivity contribution in [1.82, 2.24) is 9.97 Å². The molecule has 0 saturated heterocycles. The number of hydrogen-bond acceptors (Lipinski definition) is 2. The summed E-state index contributed by atoms with van der Waals surface area (Å²) >= 11 is 12.6. The van der Waals surface area contributed by atoms with Crippen LogP contribution in [0.2, 0.25) is 10.0 Å². The van der Waals surface area contributed by atoms with Gasteiger partial charge in [-0.15, -0.1) is 0 Å². The molecule has 0 saturated carbocycles. The number of H-pyrrole nitrogens is 1. The van der Waals surface area contributed by atoms with Crippen molar-refractivity contribution in [3.63, 3.8) is 0 Å². The molecule has 1 N–H and O–H groups in total. The Morgan fingerprint density at radius 1 is 0.880 bits per heavy atom. The van der Waals surface area contributed by atoms with E-state index in [1.807, 2.05) is 48.5 Å². The van der Waals surface area contributed by atoms with Crippen molar-refractivity contribution in [3.05, 3.63) is 76.3 Å². The molecular weight excluding hydrogens is 353 g/mol. The van der Waals surface area contributed by atoms with Crippen molar-refractivity contribution < 1.29 is 0 Å². The van der Waals surface area contributed by atoms with E-state index in [-0.39, 0.29) is 0 Å². The molecule has 3 aromatic carbocycles. The fraction of sp³-hybridized carbons (Fsp3) is 0. The van der Waals surface area contributed by atoms with Crippen LogP contribution in [0.3, 0.4) is 0 Å². The van der Waals surface area contributed by atoms with E-state index in [1.165, 1.54) is 0 Å². The number of nitrogens with zero attached hydrogens (tertiary/aromatic N) is 2. The van der Waals surface area contributed by atoms with Crippen LogP contribution < -0.4 is 0 Å². The summed E-state index contributed by atoms with van der Waals surface area (Å²) in [6.45, 7) is 0. The van der Waals surface area contributed by atoms with Gasteiger partial charge in [-0.2, -0.15) is 5.26 Å². The van der Waals surface area contributed by atoms with E-state index in [0.29, 0.717) is 15.6 Å². The van der Waals surface area contributed by atoms with Crippen LogP contribution in [-0.2, 0) is 0 Å². The molecule has 0 unspecified atom stereocenters. The number of nitriles is 1. The van der Waals surface area contributed by atoms with Crippen molar-refractivity contribution in [2.24, 2.45) is 0 Å². The summed E-state index contributed by atoms with van der Waals surface area (Å²) in [7, 11) is 0. The number of aromatic nitrogens is 2. The molecule has 0 amide bonds. The maximum atomic E-state index is 9.04. The van der Waals surface area contributed by atoms with Gasteiger partial charge in [-0.1, -0.05) is 41.4 Å². The van der Waals surface area contributed by atoms with Gasteiger partial charge in [-0.05, 0) is 48.0 Å². The van der Waals surface area contributed by atoms with Crippen LogP contribution in [0.25, 0.3) is 33.5 Å². The summed E-state index contributed by atoms with van der Waals surface area (Å²) in [6, 6.07) is 20.8. The highest BCUT2D eigenvalue weighted by atomic mass is 35.5. The van der Waals surface area contributed by atoms with Gasteiger partial charge >= 0.3 is 0 Å². The minimum Gasteiger partial charge on any atom is -0.338 e. The fourth-order valence-corrected chi connectivity index (χ4v) is 3.28. The quantitative estimate of drug-likeness (QED) is 0.469. The average Bonchev–Trinajstić information content (AvgIpc) is 3.05. The molecule has 25 heavy (non-hydrogen) atoms. The van der Waals surface area contributed by atoms with Crippen LogP contribution in [0.1, 0.15) is 5.56 Å². The zero-order valence-corrected chi connectivity index (χ0v) is 14.4. The van der Waals surface area contributed by atoms with Crippen LogP contribution in [-0.4, -0.2) is 9.97 Å². The van der Waals surface area contributed by atoms with Gasteiger partial charge in [0.05, 0.1) is 22.7 Å². The van der Waals surface area contributed by atoms with Gasteiger partial charge in [0.2, 0.25) is 0 Å². The molecule has 0 atom stereocenters.